The van der Waals surface area contributed by atoms with Crippen LogP contribution in [0.4, 0.5) is 0 Å². The summed E-state index contributed by atoms with van der Waals surface area (Å²) in [6, 6.07) is -1.05. The molecular formula is C37H76N8O13. The lowest BCUT2D eigenvalue weighted by Gasteiger charge is -2.33. The molecule has 0 aromatic rings. The summed E-state index contributed by atoms with van der Waals surface area (Å²) in [5.74, 6) is -0.993. The van der Waals surface area contributed by atoms with Crippen LogP contribution in [-0.4, -0.2) is 191 Å². The summed E-state index contributed by atoms with van der Waals surface area (Å²) in [7, 11) is 1.74. The van der Waals surface area contributed by atoms with Gasteiger partial charge in [0.2, 0.25) is 23.6 Å². The molecule has 0 aliphatic heterocycles. The molecule has 342 valence electrons. The predicted molar refractivity (Wildman–Crippen MR) is 215 cm³/mol. The van der Waals surface area contributed by atoms with Crippen LogP contribution in [0.25, 0.3) is 0 Å². The lowest BCUT2D eigenvalue weighted by molar-refractivity contribution is -0.129. The van der Waals surface area contributed by atoms with Gasteiger partial charge in [0.05, 0.1) is 63.9 Å². The molecule has 21 nitrogen and oxygen atoms in total. The molecule has 0 fully saturated rings. The Hall–Kier alpha value is -2.64. The van der Waals surface area contributed by atoms with Gasteiger partial charge in [0.25, 0.3) is 0 Å². The fraction of sp³-hybridized carbons (Fsp3) is 0.892. The molecule has 15 N–H and O–H groups in total. The Morgan fingerprint density at radius 1 is 0.672 bits per heavy atom. The molecule has 4 amide bonds. The highest BCUT2D eigenvalue weighted by Crippen LogP contribution is 2.13. The first-order chi connectivity index (χ1) is 27.7. The monoisotopic (exact) mass is 841 g/mol. The maximum Gasteiger partial charge on any atom is 0.222 e. The van der Waals surface area contributed by atoms with Crippen LogP contribution in [0.1, 0.15) is 71.6 Å². The average molecular weight is 841 g/mol. The van der Waals surface area contributed by atoms with Gasteiger partial charge in [-0.05, 0) is 65.7 Å². The fourth-order valence-corrected chi connectivity index (χ4v) is 5.30. The van der Waals surface area contributed by atoms with Crippen LogP contribution in [0.5, 0.6) is 0 Å². The van der Waals surface area contributed by atoms with Gasteiger partial charge in [-0.3, -0.25) is 24.5 Å². The molecule has 0 spiro atoms. The summed E-state index contributed by atoms with van der Waals surface area (Å²) >= 11 is 0. The second-order valence-electron chi connectivity index (χ2n) is 14.1. The maximum absolute atomic E-state index is 12.4. The number of aliphatic hydroxyl groups excluding tert-OH is 5. The second-order valence-corrected chi connectivity index (χ2v) is 14.1. The van der Waals surface area contributed by atoms with Gasteiger partial charge in [-0.25, -0.2) is 0 Å². The van der Waals surface area contributed by atoms with E-state index >= 15 is 0 Å². The summed E-state index contributed by atoms with van der Waals surface area (Å²) in [5.41, 5.74) is 10.2. The Bertz CT molecular complexity index is 1090. The van der Waals surface area contributed by atoms with Crippen molar-refractivity contribution in [2.75, 3.05) is 99.2 Å². The van der Waals surface area contributed by atoms with E-state index in [2.05, 4.69) is 31.9 Å². The predicted octanol–water partition coefficient (Wildman–Crippen LogP) is -4.34. The lowest BCUT2D eigenvalue weighted by atomic mass is 9.97. The zero-order valence-corrected chi connectivity index (χ0v) is 34.9. The molecule has 0 heterocycles. The quantitative estimate of drug-likeness (QED) is 0.0206. The molecule has 0 aromatic heterocycles. The first kappa shape index (κ1) is 55.4. The highest BCUT2D eigenvalue weighted by Gasteiger charge is 2.35. The topological polar surface area (TPSA) is 331 Å². The Morgan fingerprint density at radius 3 is 1.71 bits per heavy atom. The Labute approximate surface area is 343 Å². The molecule has 7 atom stereocenters. The highest BCUT2D eigenvalue weighted by atomic mass is 16.5. The zero-order valence-electron chi connectivity index (χ0n) is 34.9. The van der Waals surface area contributed by atoms with Crippen LogP contribution in [0.2, 0.25) is 0 Å². The molecule has 21 heteroatoms. The summed E-state index contributed by atoms with van der Waals surface area (Å²) in [6.45, 7) is 6.16. The number of nitrogens with one attached hydrogen (secondary N) is 6. The number of carbonyl (C=O) groups excluding carboxylic acids is 4. The van der Waals surface area contributed by atoms with Crippen molar-refractivity contribution in [3.8, 4) is 0 Å². The van der Waals surface area contributed by atoms with Gasteiger partial charge in [0.15, 0.2) is 0 Å². The van der Waals surface area contributed by atoms with Crippen molar-refractivity contribution >= 4 is 23.6 Å². The fourth-order valence-electron chi connectivity index (χ4n) is 5.30. The van der Waals surface area contributed by atoms with Crippen molar-refractivity contribution in [2.24, 2.45) is 11.5 Å². The van der Waals surface area contributed by atoms with E-state index in [1.807, 2.05) is 0 Å². The van der Waals surface area contributed by atoms with Crippen LogP contribution in [0.3, 0.4) is 0 Å². The number of rotatable bonds is 39. The first-order valence-electron chi connectivity index (χ1n) is 20.3. The summed E-state index contributed by atoms with van der Waals surface area (Å²) in [4.78, 5) is 48.3. The molecule has 0 rings (SSSR count). The lowest BCUT2D eigenvalue weighted by Crippen LogP contribution is -2.57. The average Bonchev–Trinajstić information content (AvgIpc) is 3.20. The molecular weight excluding hydrogens is 764 g/mol. The molecule has 0 bridgehead atoms. The van der Waals surface area contributed by atoms with Gasteiger partial charge in [0.1, 0.15) is 24.5 Å². The number of ether oxygens (including phenoxy) is 4. The first-order valence-corrected chi connectivity index (χ1v) is 20.3. The number of hydrogen-bond donors (Lipinski definition) is 13. The van der Waals surface area contributed by atoms with E-state index < -0.39 is 54.7 Å². The maximum atomic E-state index is 12.4. The number of hydrogen-bond acceptors (Lipinski definition) is 17. The van der Waals surface area contributed by atoms with Crippen LogP contribution in [-0.2, 0) is 38.1 Å². The number of nitrogens with two attached hydrogens (primary N) is 2. The Balaban J connectivity index is 4.52. The van der Waals surface area contributed by atoms with E-state index in [0.29, 0.717) is 71.4 Å². The van der Waals surface area contributed by atoms with Crippen molar-refractivity contribution < 1.29 is 63.7 Å². The van der Waals surface area contributed by atoms with Crippen LogP contribution in [0.15, 0.2) is 0 Å². The van der Waals surface area contributed by atoms with Crippen LogP contribution < -0.4 is 43.4 Å². The molecule has 0 aliphatic rings. The van der Waals surface area contributed by atoms with E-state index in [1.54, 1.807) is 14.0 Å². The van der Waals surface area contributed by atoms with Gasteiger partial charge in [-0.15, -0.1) is 0 Å². The summed E-state index contributed by atoms with van der Waals surface area (Å²) in [5, 5.41) is 66.3. The molecule has 0 saturated heterocycles. The number of likely N-dealkylation sites (N-methyl/N-ethyl adjacent to an activating group) is 1. The summed E-state index contributed by atoms with van der Waals surface area (Å²) in [6.07, 6.45) is -2.53. The highest BCUT2D eigenvalue weighted by molar-refractivity contribution is 5.76. The third kappa shape index (κ3) is 27.9. The van der Waals surface area contributed by atoms with Crippen molar-refractivity contribution in [3.63, 3.8) is 0 Å². The third-order valence-electron chi connectivity index (χ3n) is 8.96. The Morgan fingerprint density at radius 2 is 1.19 bits per heavy atom. The van der Waals surface area contributed by atoms with Crippen molar-refractivity contribution in [3.05, 3.63) is 0 Å². The molecule has 0 aromatic carbocycles. The number of carbonyl (C=O) groups is 4. The molecule has 0 radical (unpaired) electrons. The SMILES string of the molecule is CNC(COCCC(=O)NCCCN)(COCCC(=O)NCCCNC(=O)CCCCO[C@H](C)C(NC(C)=O)C(O)[C@H](O)C(O)CO)COCCC(O)NCCCN. The standard InChI is InChI=1S/C37H76N8O13/c1-27(34(45-28(2)47)36(54)35(53)29(48)23-46)58-19-5-4-9-30(49)43-17-8-18-44-33(52)12-22-57-26-37(40-3,24-55-20-10-31(50)41-15-6-13-38)25-56-21-11-32(51)42-16-7-14-39/h27,29,31,34-36,40-41,46,48,50,53-54H,4-26,38-39H2,1-3H3,(H,42,51)(H,43,49)(H,44,52)(H,45,47)/t27-,29?,31?,34?,35-,36?,37?/m1/s1. The van der Waals surface area contributed by atoms with E-state index in [-0.39, 0.29) is 83.2 Å². The number of unbranched alkanes of at least 4 members (excludes halogenated alkanes) is 1. The van der Waals surface area contributed by atoms with Gasteiger partial charge >= 0.3 is 0 Å². The van der Waals surface area contributed by atoms with Crippen LogP contribution >= 0.6 is 0 Å². The van der Waals surface area contributed by atoms with Crippen molar-refractivity contribution in [2.45, 2.75) is 114 Å². The largest absolute Gasteiger partial charge is 0.394 e. The summed E-state index contributed by atoms with van der Waals surface area (Å²) < 4.78 is 23.3. The zero-order chi connectivity index (χ0) is 43.6. The molecule has 58 heavy (non-hydrogen) atoms. The van der Waals surface area contributed by atoms with Gasteiger partial charge in [-0.2, -0.15) is 0 Å². The van der Waals surface area contributed by atoms with Crippen molar-refractivity contribution in [1.82, 2.24) is 31.9 Å². The van der Waals surface area contributed by atoms with E-state index in [0.717, 1.165) is 6.42 Å². The minimum atomic E-state index is -1.70. The van der Waals surface area contributed by atoms with Crippen molar-refractivity contribution in [1.29, 1.82) is 0 Å². The third-order valence-corrected chi connectivity index (χ3v) is 8.96. The second kappa shape index (κ2) is 35.1. The minimum Gasteiger partial charge on any atom is -0.394 e. The van der Waals surface area contributed by atoms with Gasteiger partial charge < -0.3 is 82.5 Å². The van der Waals surface area contributed by atoms with E-state index in [4.69, 9.17) is 35.5 Å². The molecule has 0 saturated carbocycles. The number of amides is 4. The molecule has 5 unspecified atom stereocenters. The van der Waals surface area contributed by atoms with E-state index in [9.17, 15) is 39.6 Å². The normalized spacial score (nSPS) is 15.7. The molecule has 0 aliphatic carbocycles. The minimum absolute atomic E-state index is 0.105. The Kier molecular flexibility index (Phi) is 33.5. The van der Waals surface area contributed by atoms with E-state index in [1.165, 1.54) is 6.92 Å². The number of aliphatic hydroxyl groups is 5. The smallest absolute Gasteiger partial charge is 0.222 e. The van der Waals surface area contributed by atoms with Crippen LogP contribution in [0, 0.1) is 0 Å². The van der Waals surface area contributed by atoms with Gasteiger partial charge in [0, 0.05) is 58.8 Å². The van der Waals surface area contributed by atoms with Gasteiger partial charge in [-0.1, -0.05) is 0 Å².